The second-order valence-electron chi connectivity index (χ2n) is 4.72. The van der Waals surface area contributed by atoms with Crippen molar-refractivity contribution in [3.8, 4) is 11.4 Å². The van der Waals surface area contributed by atoms with Gasteiger partial charge in [0.25, 0.3) is 0 Å². The van der Waals surface area contributed by atoms with Crippen LogP contribution in [-0.4, -0.2) is 40.5 Å². The van der Waals surface area contributed by atoms with Crippen molar-refractivity contribution in [1.82, 2.24) is 14.8 Å². The molecule has 0 aliphatic heterocycles. The highest BCUT2D eigenvalue weighted by molar-refractivity contribution is 7.90. The average molecular weight is 361 g/mol. The normalized spacial score (nSPS) is 12.7. The van der Waals surface area contributed by atoms with Gasteiger partial charge in [-0.3, -0.25) is 0 Å². The largest absolute Gasteiger partial charge is 0.478 e. The molecule has 1 aromatic heterocycles. The van der Waals surface area contributed by atoms with Crippen molar-refractivity contribution in [1.29, 1.82) is 0 Å². The summed E-state index contributed by atoms with van der Waals surface area (Å²) in [5.74, 6) is -1.42. The number of sulfone groups is 1. The predicted molar refractivity (Wildman–Crippen MR) is 76.5 cm³/mol. The number of hydrogen-bond acceptors (Lipinski definition) is 5. The number of aliphatic carboxylic acids is 1. The number of carboxylic acid groups (broad SMARTS) is 1. The monoisotopic (exact) mass is 361 g/mol. The van der Waals surface area contributed by atoms with Gasteiger partial charge in [-0.1, -0.05) is 0 Å². The molecule has 7 nitrogen and oxygen atoms in total. The number of aromatic nitrogens is 3. The van der Waals surface area contributed by atoms with E-state index in [1.54, 1.807) is 0 Å². The molecule has 0 saturated heterocycles. The lowest BCUT2D eigenvalue weighted by Crippen LogP contribution is -2.08. The highest BCUT2D eigenvalue weighted by atomic mass is 32.2. The zero-order chi connectivity index (χ0) is 18.1. The van der Waals surface area contributed by atoms with E-state index in [-0.39, 0.29) is 11.4 Å². The van der Waals surface area contributed by atoms with Gasteiger partial charge in [-0.05, 0) is 18.2 Å². The minimum atomic E-state index is -4.75. The summed E-state index contributed by atoms with van der Waals surface area (Å²) in [4.78, 5) is 13.7. The predicted octanol–water partition coefficient (Wildman–Crippen LogP) is 1.92. The Morgan fingerprint density at radius 1 is 1.29 bits per heavy atom. The first-order valence-electron chi connectivity index (χ1n) is 6.22. The molecule has 0 aliphatic rings. The van der Waals surface area contributed by atoms with Gasteiger partial charge in [0.15, 0.2) is 15.7 Å². The van der Waals surface area contributed by atoms with E-state index in [0.29, 0.717) is 6.07 Å². The molecule has 0 saturated carbocycles. The van der Waals surface area contributed by atoms with E-state index in [2.05, 4.69) is 10.1 Å². The van der Waals surface area contributed by atoms with Crippen LogP contribution in [0.4, 0.5) is 13.2 Å². The number of hydrogen-bond donors (Lipinski definition) is 1. The van der Waals surface area contributed by atoms with Gasteiger partial charge in [-0.2, -0.15) is 13.2 Å². The molecular weight excluding hydrogens is 351 g/mol. The molecule has 0 bridgehead atoms. The fourth-order valence-corrected chi connectivity index (χ4v) is 2.41. The third kappa shape index (κ3) is 4.19. The maximum absolute atomic E-state index is 12.9. The molecule has 0 radical (unpaired) electrons. The number of benzene rings is 1. The third-order valence-corrected chi connectivity index (χ3v) is 3.89. The summed E-state index contributed by atoms with van der Waals surface area (Å²) in [6, 6.07) is 2.26. The molecule has 0 atom stereocenters. The molecule has 2 aromatic rings. The van der Waals surface area contributed by atoms with Gasteiger partial charge in [-0.15, -0.1) is 5.10 Å². The molecule has 0 unspecified atom stereocenters. The first kappa shape index (κ1) is 17.7. The fraction of sp³-hybridized carbons (Fsp3) is 0.154. The van der Waals surface area contributed by atoms with E-state index in [1.807, 2.05) is 0 Å². The molecule has 0 aliphatic carbocycles. The van der Waals surface area contributed by atoms with E-state index in [0.717, 1.165) is 41.7 Å². The van der Waals surface area contributed by atoms with Gasteiger partial charge in [0, 0.05) is 24.1 Å². The molecule has 0 spiro atoms. The number of rotatable bonds is 4. The van der Waals surface area contributed by atoms with Gasteiger partial charge in [0.2, 0.25) is 0 Å². The Balaban J connectivity index is 2.56. The van der Waals surface area contributed by atoms with Crippen molar-refractivity contribution in [2.75, 3.05) is 6.26 Å². The Morgan fingerprint density at radius 3 is 2.50 bits per heavy atom. The van der Waals surface area contributed by atoms with E-state index in [9.17, 15) is 26.4 Å². The topological polar surface area (TPSA) is 102 Å². The van der Waals surface area contributed by atoms with Crippen LogP contribution in [0.2, 0.25) is 0 Å². The maximum Gasteiger partial charge on any atom is 0.416 e. The van der Waals surface area contributed by atoms with Gasteiger partial charge in [-0.25, -0.2) is 22.9 Å². The van der Waals surface area contributed by atoms with Crippen LogP contribution in [0, 0.1) is 0 Å². The summed E-state index contributed by atoms with van der Waals surface area (Å²) < 4.78 is 63.0. The van der Waals surface area contributed by atoms with Crippen molar-refractivity contribution < 1.29 is 31.5 Å². The molecule has 1 N–H and O–H groups in total. The quantitative estimate of drug-likeness (QED) is 0.835. The van der Waals surface area contributed by atoms with Crippen molar-refractivity contribution in [3.05, 3.63) is 36.2 Å². The number of carbonyl (C=O) groups is 1. The molecule has 1 aromatic carbocycles. The van der Waals surface area contributed by atoms with Gasteiger partial charge in [0.1, 0.15) is 6.33 Å². The number of nitrogens with zero attached hydrogens (tertiary/aromatic N) is 3. The lowest BCUT2D eigenvalue weighted by atomic mass is 10.1. The van der Waals surface area contributed by atoms with E-state index < -0.39 is 32.4 Å². The summed E-state index contributed by atoms with van der Waals surface area (Å²) in [6.07, 6.45) is -1.10. The molecular formula is C13H10F3N3O4S. The summed E-state index contributed by atoms with van der Waals surface area (Å²) >= 11 is 0. The Bertz CT molecular complexity index is 917. The Labute approximate surface area is 134 Å². The van der Waals surface area contributed by atoms with Crippen LogP contribution in [-0.2, 0) is 20.8 Å². The number of halogens is 3. The zero-order valence-electron chi connectivity index (χ0n) is 12.0. The maximum atomic E-state index is 12.9. The van der Waals surface area contributed by atoms with Gasteiger partial charge >= 0.3 is 12.1 Å². The molecule has 1 heterocycles. The van der Waals surface area contributed by atoms with Crippen molar-refractivity contribution in [2.24, 2.45) is 0 Å². The summed E-state index contributed by atoms with van der Waals surface area (Å²) in [5.41, 5.74) is -1.31. The van der Waals surface area contributed by atoms with Crippen LogP contribution < -0.4 is 0 Å². The lowest BCUT2D eigenvalue weighted by molar-refractivity contribution is -0.137. The van der Waals surface area contributed by atoms with Crippen LogP contribution in [0.25, 0.3) is 17.6 Å². The standard InChI is InChI=1S/C13H10F3N3O4S/c1-24(22,23)10-5-8(4-9(6-10)13(14,15)16)12-17-7-19(18-12)3-2-11(20)21/h2-7H,1H3,(H,20,21). The van der Waals surface area contributed by atoms with Gasteiger partial charge in [0.05, 0.1) is 10.5 Å². The Morgan fingerprint density at radius 2 is 1.96 bits per heavy atom. The van der Waals surface area contributed by atoms with E-state index in [4.69, 9.17) is 5.11 Å². The molecule has 11 heteroatoms. The summed E-state index contributed by atoms with van der Waals surface area (Å²) in [6.45, 7) is 0. The smallest absolute Gasteiger partial charge is 0.416 e. The van der Waals surface area contributed by atoms with Crippen molar-refractivity contribution in [3.63, 3.8) is 0 Å². The molecule has 2 rings (SSSR count). The molecule has 128 valence electrons. The first-order valence-corrected chi connectivity index (χ1v) is 8.11. The SMILES string of the molecule is CS(=O)(=O)c1cc(-c2ncn(C=CC(=O)O)n2)cc(C(F)(F)F)c1. The number of carboxylic acids is 1. The van der Waals surface area contributed by atoms with Crippen molar-refractivity contribution >= 4 is 22.0 Å². The van der Waals surface area contributed by atoms with E-state index >= 15 is 0 Å². The first-order chi connectivity index (χ1) is 11.0. The number of alkyl halides is 3. The van der Waals surface area contributed by atoms with Gasteiger partial charge < -0.3 is 5.11 Å². The summed E-state index contributed by atoms with van der Waals surface area (Å²) in [5, 5.41) is 12.3. The molecule has 0 amide bonds. The summed E-state index contributed by atoms with van der Waals surface area (Å²) in [7, 11) is -3.88. The minimum Gasteiger partial charge on any atom is -0.478 e. The molecule has 0 fully saturated rings. The van der Waals surface area contributed by atoms with Crippen LogP contribution in [0.5, 0.6) is 0 Å². The zero-order valence-corrected chi connectivity index (χ0v) is 12.8. The minimum absolute atomic E-state index is 0.160. The Kier molecular flexibility index (Phi) is 4.47. The second kappa shape index (κ2) is 6.07. The van der Waals surface area contributed by atoms with E-state index in [1.165, 1.54) is 0 Å². The molecule has 24 heavy (non-hydrogen) atoms. The van der Waals surface area contributed by atoms with Crippen LogP contribution in [0.3, 0.4) is 0 Å². The second-order valence-corrected chi connectivity index (χ2v) is 6.73. The highest BCUT2D eigenvalue weighted by Crippen LogP contribution is 2.33. The van der Waals surface area contributed by atoms with Crippen molar-refractivity contribution in [2.45, 2.75) is 11.1 Å². The third-order valence-electron chi connectivity index (χ3n) is 2.80. The fourth-order valence-electron chi connectivity index (χ4n) is 1.72. The Hall–Kier alpha value is -2.69. The average Bonchev–Trinajstić information content (AvgIpc) is 2.91. The van der Waals surface area contributed by atoms with Crippen LogP contribution in [0.1, 0.15) is 5.56 Å². The van der Waals surface area contributed by atoms with Crippen LogP contribution >= 0.6 is 0 Å². The van der Waals surface area contributed by atoms with Crippen LogP contribution in [0.15, 0.2) is 35.5 Å². The highest BCUT2D eigenvalue weighted by Gasteiger charge is 2.32. The lowest BCUT2D eigenvalue weighted by Gasteiger charge is -2.10.